The second-order valence-corrected chi connectivity index (χ2v) is 8.56. The van der Waals surface area contributed by atoms with Crippen molar-refractivity contribution in [3.8, 4) is 0 Å². The molecule has 1 atom stereocenters. The van der Waals surface area contributed by atoms with Crippen LogP contribution in [0.1, 0.15) is 19.8 Å². The summed E-state index contributed by atoms with van der Waals surface area (Å²) in [6.45, 7) is 5.25. The molecule has 0 bridgehead atoms. The molecule has 3 rings (SSSR count). The van der Waals surface area contributed by atoms with Gasteiger partial charge in [-0.05, 0) is 37.1 Å². The lowest BCUT2D eigenvalue weighted by molar-refractivity contribution is 0.133. The number of rotatable bonds is 4. The van der Waals surface area contributed by atoms with Gasteiger partial charge in [0.15, 0.2) is 0 Å². The van der Waals surface area contributed by atoms with Crippen molar-refractivity contribution in [1.29, 1.82) is 0 Å². The molecule has 1 saturated carbocycles. The molecule has 1 saturated heterocycles. The van der Waals surface area contributed by atoms with Gasteiger partial charge >= 0.3 is 0 Å². The van der Waals surface area contributed by atoms with Crippen molar-refractivity contribution in [3.05, 3.63) is 17.5 Å². The largest absolute Gasteiger partial charge is 0.298 e. The summed E-state index contributed by atoms with van der Waals surface area (Å²) in [6, 6.07) is 4.11. The van der Waals surface area contributed by atoms with E-state index in [1.165, 1.54) is 24.2 Å². The van der Waals surface area contributed by atoms with E-state index in [-0.39, 0.29) is 0 Å². The molecular weight excluding hydrogens is 280 g/mol. The highest BCUT2D eigenvalue weighted by Crippen LogP contribution is 2.35. The molecule has 0 N–H and O–H groups in total. The first kappa shape index (κ1) is 13.5. The molecular formula is C13H20N2O2S2. The summed E-state index contributed by atoms with van der Waals surface area (Å²) in [5.74, 6) is 0.848. The first-order valence-electron chi connectivity index (χ1n) is 6.87. The molecule has 106 valence electrons. The van der Waals surface area contributed by atoms with Crippen LogP contribution in [0.15, 0.2) is 21.7 Å². The van der Waals surface area contributed by atoms with Crippen molar-refractivity contribution in [3.63, 3.8) is 0 Å². The average Bonchev–Trinajstić information content (AvgIpc) is 3.11. The van der Waals surface area contributed by atoms with Crippen LogP contribution >= 0.6 is 11.3 Å². The predicted molar refractivity (Wildman–Crippen MR) is 76.8 cm³/mol. The Hall–Kier alpha value is -0.430. The summed E-state index contributed by atoms with van der Waals surface area (Å²) >= 11 is 1.30. The van der Waals surface area contributed by atoms with Crippen LogP contribution in [0.5, 0.6) is 0 Å². The van der Waals surface area contributed by atoms with Crippen LogP contribution < -0.4 is 0 Å². The molecule has 1 unspecified atom stereocenters. The number of hydrogen-bond donors (Lipinski definition) is 0. The standard InChI is InChI=1S/C13H20N2O2S2/c1-11(12-4-5-12)14-6-8-15(9-7-14)19(16,17)13-3-2-10-18-13/h2-3,10-12H,4-9H2,1H3. The van der Waals surface area contributed by atoms with Crippen molar-refractivity contribution >= 4 is 21.4 Å². The zero-order valence-corrected chi connectivity index (χ0v) is 12.8. The van der Waals surface area contributed by atoms with Crippen LogP contribution in [-0.2, 0) is 10.0 Å². The minimum Gasteiger partial charge on any atom is -0.298 e. The quantitative estimate of drug-likeness (QED) is 0.852. The van der Waals surface area contributed by atoms with Gasteiger partial charge in [-0.2, -0.15) is 4.31 Å². The Labute approximate surface area is 119 Å². The minimum absolute atomic E-state index is 0.469. The van der Waals surface area contributed by atoms with Gasteiger partial charge in [0.25, 0.3) is 10.0 Å². The molecule has 2 heterocycles. The first-order chi connectivity index (χ1) is 9.09. The molecule has 2 fully saturated rings. The topological polar surface area (TPSA) is 40.6 Å². The van der Waals surface area contributed by atoms with E-state index in [1.54, 1.807) is 16.4 Å². The Morgan fingerprint density at radius 2 is 1.95 bits per heavy atom. The Bertz CT molecular complexity index is 515. The number of sulfonamides is 1. The zero-order chi connectivity index (χ0) is 13.5. The van der Waals surface area contributed by atoms with Crippen molar-refractivity contribution in [1.82, 2.24) is 9.21 Å². The fourth-order valence-corrected chi connectivity index (χ4v) is 5.33. The molecule has 19 heavy (non-hydrogen) atoms. The zero-order valence-electron chi connectivity index (χ0n) is 11.2. The summed E-state index contributed by atoms with van der Waals surface area (Å²) in [5, 5.41) is 1.82. The summed E-state index contributed by atoms with van der Waals surface area (Å²) in [4.78, 5) is 2.44. The van der Waals surface area contributed by atoms with Crippen molar-refractivity contribution in [2.24, 2.45) is 5.92 Å². The maximum atomic E-state index is 12.4. The Morgan fingerprint density at radius 3 is 2.47 bits per heavy atom. The fourth-order valence-electron chi connectivity index (χ4n) is 2.77. The van der Waals surface area contributed by atoms with E-state index in [1.807, 2.05) is 5.38 Å². The third-order valence-electron chi connectivity index (χ3n) is 4.24. The maximum Gasteiger partial charge on any atom is 0.252 e. The molecule has 1 aliphatic carbocycles. The Morgan fingerprint density at radius 1 is 1.26 bits per heavy atom. The van der Waals surface area contributed by atoms with Crippen LogP contribution in [0, 0.1) is 5.92 Å². The molecule has 0 aromatic carbocycles. The molecule has 2 aliphatic rings. The smallest absolute Gasteiger partial charge is 0.252 e. The van der Waals surface area contributed by atoms with Crippen molar-refractivity contribution in [2.45, 2.75) is 30.0 Å². The molecule has 0 radical (unpaired) electrons. The van der Waals surface area contributed by atoms with Crippen LogP contribution in [-0.4, -0.2) is 49.8 Å². The third kappa shape index (κ3) is 2.72. The van der Waals surface area contributed by atoms with Gasteiger partial charge in [0.2, 0.25) is 0 Å². The van der Waals surface area contributed by atoms with Gasteiger partial charge < -0.3 is 0 Å². The fraction of sp³-hybridized carbons (Fsp3) is 0.692. The van der Waals surface area contributed by atoms with Gasteiger partial charge in [0.05, 0.1) is 0 Å². The molecule has 0 amide bonds. The van der Waals surface area contributed by atoms with Gasteiger partial charge in [-0.1, -0.05) is 6.07 Å². The molecule has 6 heteroatoms. The highest BCUT2D eigenvalue weighted by Gasteiger charge is 2.35. The Balaban J connectivity index is 1.63. The summed E-state index contributed by atoms with van der Waals surface area (Å²) in [7, 11) is -3.25. The van der Waals surface area contributed by atoms with E-state index in [2.05, 4.69) is 11.8 Å². The number of hydrogen-bond acceptors (Lipinski definition) is 4. The SMILES string of the molecule is CC(C1CC1)N1CCN(S(=O)(=O)c2cccs2)CC1. The second kappa shape index (κ2) is 5.16. The van der Waals surface area contributed by atoms with Crippen LogP contribution in [0.4, 0.5) is 0 Å². The van der Waals surface area contributed by atoms with Crippen LogP contribution in [0.2, 0.25) is 0 Å². The molecule has 1 aromatic heterocycles. The third-order valence-corrected chi connectivity index (χ3v) is 7.51. The molecule has 1 aliphatic heterocycles. The van der Waals surface area contributed by atoms with Crippen molar-refractivity contribution < 1.29 is 8.42 Å². The van der Waals surface area contributed by atoms with Crippen LogP contribution in [0.3, 0.4) is 0 Å². The van der Waals surface area contributed by atoms with E-state index in [0.29, 0.717) is 23.3 Å². The highest BCUT2D eigenvalue weighted by molar-refractivity contribution is 7.91. The number of piperazine rings is 1. The lowest BCUT2D eigenvalue weighted by Gasteiger charge is -2.37. The second-order valence-electron chi connectivity index (χ2n) is 5.45. The monoisotopic (exact) mass is 300 g/mol. The van der Waals surface area contributed by atoms with E-state index in [0.717, 1.165) is 19.0 Å². The predicted octanol–water partition coefficient (Wildman–Crippen LogP) is 1.85. The van der Waals surface area contributed by atoms with Gasteiger partial charge in [0.1, 0.15) is 4.21 Å². The van der Waals surface area contributed by atoms with Crippen LogP contribution in [0.25, 0.3) is 0 Å². The van der Waals surface area contributed by atoms with E-state index in [4.69, 9.17) is 0 Å². The minimum atomic E-state index is -3.25. The van der Waals surface area contributed by atoms with Gasteiger partial charge in [0, 0.05) is 32.2 Å². The van der Waals surface area contributed by atoms with E-state index in [9.17, 15) is 8.42 Å². The Kier molecular flexibility index (Phi) is 3.68. The molecule has 0 spiro atoms. The number of nitrogens with zero attached hydrogens (tertiary/aromatic N) is 2. The van der Waals surface area contributed by atoms with Gasteiger partial charge in [-0.3, -0.25) is 4.90 Å². The van der Waals surface area contributed by atoms with E-state index < -0.39 is 10.0 Å². The molecule has 1 aromatic rings. The summed E-state index contributed by atoms with van der Waals surface area (Å²) < 4.78 is 26.9. The average molecular weight is 300 g/mol. The normalized spacial score (nSPS) is 24.5. The van der Waals surface area contributed by atoms with Crippen molar-refractivity contribution in [2.75, 3.05) is 26.2 Å². The maximum absolute atomic E-state index is 12.4. The van der Waals surface area contributed by atoms with Gasteiger partial charge in [-0.25, -0.2) is 8.42 Å². The highest BCUT2D eigenvalue weighted by atomic mass is 32.2. The van der Waals surface area contributed by atoms with E-state index >= 15 is 0 Å². The lowest BCUT2D eigenvalue weighted by Crippen LogP contribution is -2.51. The molecule has 4 nitrogen and oxygen atoms in total. The summed E-state index contributed by atoms with van der Waals surface area (Å²) in [6.07, 6.45) is 2.68. The summed E-state index contributed by atoms with van der Waals surface area (Å²) in [5.41, 5.74) is 0. The lowest BCUT2D eigenvalue weighted by atomic mass is 10.1. The first-order valence-corrected chi connectivity index (χ1v) is 9.19. The number of thiophene rings is 1. The van der Waals surface area contributed by atoms with Gasteiger partial charge in [-0.15, -0.1) is 11.3 Å².